The van der Waals surface area contributed by atoms with Crippen LogP contribution in [-0.2, 0) is 4.79 Å². The van der Waals surface area contributed by atoms with Crippen molar-refractivity contribution in [2.75, 3.05) is 6.54 Å². The topological polar surface area (TPSA) is 118 Å². The zero-order valence-electron chi connectivity index (χ0n) is 15.3. The largest absolute Gasteiger partial charge is 0.481 e. The van der Waals surface area contributed by atoms with Crippen molar-refractivity contribution in [1.82, 2.24) is 15.5 Å². The molecule has 140 valence electrons. The highest BCUT2D eigenvalue weighted by atomic mass is 16.5. The summed E-state index contributed by atoms with van der Waals surface area (Å²) in [4.78, 5) is 28.7. The van der Waals surface area contributed by atoms with E-state index < -0.39 is 11.4 Å². The van der Waals surface area contributed by atoms with Gasteiger partial charge >= 0.3 is 5.97 Å². The van der Waals surface area contributed by atoms with Crippen molar-refractivity contribution in [1.29, 1.82) is 0 Å². The fourth-order valence-electron chi connectivity index (χ4n) is 3.26. The van der Waals surface area contributed by atoms with Crippen LogP contribution in [-0.4, -0.2) is 33.7 Å². The molecular formula is C19H19N3O5. The number of pyridine rings is 1. The lowest BCUT2D eigenvalue weighted by Gasteiger charge is -2.12. The van der Waals surface area contributed by atoms with E-state index in [9.17, 15) is 14.7 Å². The van der Waals surface area contributed by atoms with Crippen molar-refractivity contribution < 1.29 is 23.6 Å². The number of nitrogens with zero attached hydrogens (tertiary/aromatic N) is 2. The zero-order valence-corrected chi connectivity index (χ0v) is 15.3. The van der Waals surface area contributed by atoms with Crippen LogP contribution in [0.1, 0.15) is 40.4 Å². The number of hydrogen-bond donors (Lipinski definition) is 2. The van der Waals surface area contributed by atoms with Crippen LogP contribution < -0.4 is 5.32 Å². The third-order valence-corrected chi connectivity index (χ3v) is 5.07. The second-order valence-electron chi connectivity index (χ2n) is 7.10. The molecule has 1 fully saturated rings. The maximum Gasteiger partial charge on any atom is 0.311 e. The molecule has 3 aromatic heterocycles. The van der Waals surface area contributed by atoms with E-state index in [1.807, 2.05) is 19.9 Å². The first-order chi connectivity index (χ1) is 12.8. The lowest BCUT2D eigenvalue weighted by molar-refractivity contribution is -0.143. The predicted molar refractivity (Wildman–Crippen MR) is 95.4 cm³/mol. The molecule has 8 nitrogen and oxygen atoms in total. The van der Waals surface area contributed by atoms with Gasteiger partial charge in [0, 0.05) is 12.1 Å². The number of hydrogen-bond acceptors (Lipinski definition) is 6. The van der Waals surface area contributed by atoms with Gasteiger partial charge in [0.15, 0.2) is 0 Å². The number of carbonyl (C=O) groups is 2. The molecule has 0 unspecified atom stereocenters. The maximum atomic E-state index is 12.9. The number of aliphatic carboxylic acids is 1. The molecule has 0 aliphatic heterocycles. The Morgan fingerprint density at radius 3 is 2.59 bits per heavy atom. The average Bonchev–Trinajstić information content (AvgIpc) is 3.23. The number of aryl methyl sites for hydroxylation is 3. The van der Waals surface area contributed by atoms with Crippen LogP contribution in [0.3, 0.4) is 0 Å². The quantitative estimate of drug-likeness (QED) is 0.709. The first-order valence-corrected chi connectivity index (χ1v) is 8.67. The van der Waals surface area contributed by atoms with E-state index in [-0.39, 0.29) is 18.2 Å². The Kier molecular flexibility index (Phi) is 3.80. The Bertz CT molecular complexity index is 1070. The third-order valence-electron chi connectivity index (χ3n) is 5.07. The highest BCUT2D eigenvalue weighted by Crippen LogP contribution is 2.45. The molecule has 3 heterocycles. The van der Waals surface area contributed by atoms with Gasteiger partial charge in [-0.05, 0) is 45.7 Å². The molecule has 1 aliphatic carbocycles. The highest BCUT2D eigenvalue weighted by molar-refractivity contribution is 6.07. The number of furan rings is 1. The summed E-state index contributed by atoms with van der Waals surface area (Å²) in [5.74, 6) is 0.167. The number of nitrogens with one attached hydrogen (secondary N) is 1. The Morgan fingerprint density at radius 2 is 2.00 bits per heavy atom. The summed E-state index contributed by atoms with van der Waals surface area (Å²) in [6, 6.07) is 3.51. The molecule has 0 spiro atoms. The molecule has 27 heavy (non-hydrogen) atoms. The highest BCUT2D eigenvalue weighted by Gasteiger charge is 2.50. The van der Waals surface area contributed by atoms with E-state index in [4.69, 9.17) is 8.94 Å². The molecule has 1 saturated carbocycles. The van der Waals surface area contributed by atoms with Gasteiger partial charge in [0.2, 0.25) is 0 Å². The van der Waals surface area contributed by atoms with Gasteiger partial charge in [-0.15, -0.1) is 0 Å². The maximum absolute atomic E-state index is 12.9. The van der Waals surface area contributed by atoms with Crippen molar-refractivity contribution >= 4 is 23.0 Å². The van der Waals surface area contributed by atoms with Gasteiger partial charge in [-0.3, -0.25) is 9.59 Å². The molecule has 0 saturated heterocycles. The smallest absolute Gasteiger partial charge is 0.311 e. The van der Waals surface area contributed by atoms with Crippen LogP contribution >= 0.6 is 0 Å². The van der Waals surface area contributed by atoms with E-state index >= 15 is 0 Å². The Hall–Kier alpha value is -3.16. The molecule has 3 aromatic rings. The molecule has 4 rings (SSSR count). The lowest BCUT2D eigenvalue weighted by atomic mass is 10.0. The van der Waals surface area contributed by atoms with Crippen molar-refractivity contribution in [3.8, 4) is 11.3 Å². The Morgan fingerprint density at radius 1 is 1.26 bits per heavy atom. The molecule has 8 heteroatoms. The number of amides is 1. The summed E-state index contributed by atoms with van der Waals surface area (Å²) in [6.07, 6.45) is 1.14. The fourth-order valence-corrected chi connectivity index (χ4v) is 3.26. The summed E-state index contributed by atoms with van der Waals surface area (Å²) in [5.41, 5.74) is 1.63. The minimum absolute atomic E-state index is 0.0918. The average molecular weight is 369 g/mol. The SMILES string of the molecule is Cc1cc(-c2cc(C(=O)NCC3(C(=O)O)CC3)c3c(C)noc3n2)c(C)o1. The fraction of sp³-hybridized carbons (Fsp3) is 0.368. The van der Waals surface area contributed by atoms with Gasteiger partial charge in [-0.2, -0.15) is 0 Å². The lowest BCUT2D eigenvalue weighted by Crippen LogP contribution is -2.34. The van der Waals surface area contributed by atoms with Crippen molar-refractivity contribution in [3.63, 3.8) is 0 Å². The van der Waals surface area contributed by atoms with E-state index in [2.05, 4.69) is 15.5 Å². The van der Waals surface area contributed by atoms with Gasteiger partial charge in [0.25, 0.3) is 11.6 Å². The second-order valence-corrected chi connectivity index (χ2v) is 7.10. The first kappa shape index (κ1) is 17.3. The Labute approximate surface area is 154 Å². The minimum Gasteiger partial charge on any atom is -0.481 e. The number of rotatable bonds is 5. The van der Waals surface area contributed by atoms with Crippen molar-refractivity contribution in [3.05, 3.63) is 34.9 Å². The molecule has 0 bridgehead atoms. The van der Waals surface area contributed by atoms with Crippen LogP contribution in [0.4, 0.5) is 0 Å². The zero-order chi connectivity index (χ0) is 19.3. The molecule has 0 atom stereocenters. The number of carboxylic acid groups (broad SMARTS) is 1. The summed E-state index contributed by atoms with van der Waals surface area (Å²) < 4.78 is 10.8. The first-order valence-electron chi connectivity index (χ1n) is 8.67. The van der Waals surface area contributed by atoms with Crippen molar-refractivity contribution in [2.24, 2.45) is 5.41 Å². The van der Waals surface area contributed by atoms with E-state index in [1.54, 1.807) is 13.0 Å². The third kappa shape index (κ3) is 2.87. The second kappa shape index (κ2) is 5.94. The summed E-state index contributed by atoms with van der Waals surface area (Å²) >= 11 is 0. The van der Waals surface area contributed by atoms with E-state index in [1.165, 1.54) is 0 Å². The molecule has 1 amide bonds. The van der Waals surface area contributed by atoms with E-state index in [0.717, 1.165) is 11.3 Å². The van der Waals surface area contributed by atoms with Crippen LogP contribution in [0.15, 0.2) is 21.1 Å². The van der Waals surface area contributed by atoms with Crippen molar-refractivity contribution in [2.45, 2.75) is 33.6 Å². The van der Waals surface area contributed by atoms with Crippen LogP contribution in [0, 0.1) is 26.2 Å². The van der Waals surface area contributed by atoms with Crippen LogP contribution in [0.5, 0.6) is 0 Å². The summed E-state index contributed by atoms with van der Waals surface area (Å²) in [5, 5.41) is 16.5. The number of carbonyl (C=O) groups excluding carboxylic acids is 1. The monoisotopic (exact) mass is 369 g/mol. The van der Waals surface area contributed by atoms with Gasteiger partial charge in [0.1, 0.15) is 11.5 Å². The summed E-state index contributed by atoms with van der Waals surface area (Å²) in [6.45, 7) is 5.48. The number of aromatic nitrogens is 2. The van der Waals surface area contributed by atoms with Crippen LogP contribution in [0.2, 0.25) is 0 Å². The number of fused-ring (bicyclic) bond motifs is 1. The van der Waals surface area contributed by atoms with Gasteiger partial charge in [-0.1, -0.05) is 5.16 Å². The molecule has 1 aliphatic rings. The van der Waals surface area contributed by atoms with Gasteiger partial charge < -0.3 is 19.4 Å². The normalized spacial score (nSPS) is 15.1. The number of carboxylic acids is 1. The van der Waals surface area contributed by atoms with Gasteiger partial charge in [0.05, 0.1) is 27.8 Å². The molecule has 0 radical (unpaired) electrons. The van der Waals surface area contributed by atoms with Gasteiger partial charge in [-0.25, -0.2) is 4.98 Å². The molecule has 2 N–H and O–H groups in total. The standard InChI is InChI=1S/C19H19N3O5/c1-9-6-12(11(3)26-9)14-7-13(15-10(2)22-27-17(15)21-14)16(23)20-8-19(4-5-19)18(24)25/h6-7H,4-5,8H2,1-3H3,(H,20,23)(H,24,25). The molecular weight excluding hydrogens is 350 g/mol. The van der Waals surface area contributed by atoms with Crippen LogP contribution in [0.25, 0.3) is 22.4 Å². The minimum atomic E-state index is -0.881. The molecule has 0 aromatic carbocycles. The Balaban J connectivity index is 1.74. The predicted octanol–water partition coefficient (Wildman–Crippen LogP) is 3.00. The van der Waals surface area contributed by atoms with E-state index in [0.29, 0.717) is 40.9 Å². The summed E-state index contributed by atoms with van der Waals surface area (Å²) in [7, 11) is 0.